The highest BCUT2D eigenvalue weighted by molar-refractivity contribution is 9.10. The van der Waals surface area contributed by atoms with Crippen LogP contribution >= 0.6 is 27.7 Å². The van der Waals surface area contributed by atoms with E-state index in [0.29, 0.717) is 5.75 Å². The van der Waals surface area contributed by atoms with Crippen LogP contribution in [0, 0.1) is 0 Å². The van der Waals surface area contributed by atoms with Gasteiger partial charge in [0.05, 0.1) is 5.75 Å². The first-order valence-corrected chi connectivity index (χ1v) is 11.8. The SMILES string of the molecule is CCC(C)(C)NC(=O)CSc1nnc(-c2ccc(Br)cc2)n1CCc1ccccc1. The zero-order chi connectivity index (χ0) is 21.6. The Balaban J connectivity index is 1.79. The molecule has 0 atom stereocenters. The van der Waals surface area contributed by atoms with Crippen molar-refractivity contribution in [2.75, 3.05) is 5.75 Å². The minimum absolute atomic E-state index is 0.00894. The highest BCUT2D eigenvalue weighted by atomic mass is 79.9. The first-order valence-electron chi connectivity index (χ1n) is 10.0. The lowest BCUT2D eigenvalue weighted by Gasteiger charge is -2.24. The minimum atomic E-state index is -0.207. The van der Waals surface area contributed by atoms with Crippen LogP contribution in [0.25, 0.3) is 11.4 Å². The lowest BCUT2D eigenvalue weighted by molar-refractivity contribution is -0.120. The number of carbonyl (C=O) groups is 1. The number of hydrogen-bond donors (Lipinski definition) is 1. The van der Waals surface area contributed by atoms with Crippen molar-refractivity contribution in [2.24, 2.45) is 0 Å². The number of hydrogen-bond acceptors (Lipinski definition) is 4. The summed E-state index contributed by atoms with van der Waals surface area (Å²) in [5.74, 6) is 1.14. The molecule has 7 heteroatoms. The van der Waals surface area contributed by atoms with Crippen LogP contribution in [0.15, 0.2) is 64.2 Å². The van der Waals surface area contributed by atoms with Gasteiger partial charge in [-0.3, -0.25) is 4.79 Å². The molecular weight excluding hydrogens is 460 g/mol. The first kappa shape index (κ1) is 22.6. The van der Waals surface area contributed by atoms with E-state index < -0.39 is 0 Å². The fourth-order valence-corrected chi connectivity index (χ4v) is 3.96. The molecule has 0 fully saturated rings. The van der Waals surface area contributed by atoms with Gasteiger partial charge in [-0.15, -0.1) is 10.2 Å². The normalized spacial score (nSPS) is 11.5. The van der Waals surface area contributed by atoms with Crippen LogP contribution in [0.5, 0.6) is 0 Å². The molecule has 30 heavy (non-hydrogen) atoms. The predicted molar refractivity (Wildman–Crippen MR) is 127 cm³/mol. The molecule has 0 aliphatic heterocycles. The molecule has 0 saturated carbocycles. The van der Waals surface area contributed by atoms with Crippen molar-refractivity contribution in [3.05, 3.63) is 64.6 Å². The van der Waals surface area contributed by atoms with Crippen LogP contribution in [0.3, 0.4) is 0 Å². The van der Waals surface area contributed by atoms with Crippen molar-refractivity contribution in [2.45, 2.75) is 50.9 Å². The Bertz CT molecular complexity index is 971. The molecule has 0 bridgehead atoms. The van der Waals surface area contributed by atoms with Gasteiger partial charge in [0.15, 0.2) is 11.0 Å². The van der Waals surface area contributed by atoms with E-state index in [1.54, 1.807) is 0 Å². The summed E-state index contributed by atoms with van der Waals surface area (Å²) in [6.07, 6.45) is 1.75. The second kappa shape index (κ2) is 10.3. The van der Waals surface area contributed by atoms with E-state index in [0.717, 1.165) is 40.4 Å². The Morgan fingerprint density at radius 2 is 1.80 bits per heavy atom. The molecule has 0 radical (unpaired) electrons. The van der Waals surface area contributed by atoms with E-state index in [4.69, 9.17) is 0 Å². The summed E-state index contributed by atoms with van der Waals surface area (Å²) in [6, 6.07) is 18.4. The number of nitrogens with one attached hydrogen (secondary N) is 1. The quantitative estimate of drug-likeness (QED) is 0.414. The number of aromatic nitrogens is 3. The first-order chi connectivity index (χ1) is 14.4. The second-order valence-electron chi connectivity index (χ2n) is 7.77. The molecule has 2 aromatic carbocycles. The number of halogens is 1. The lowest BCUT2D eigenvalue weighted by Crippen LogP contribution is -2.43. The van der Waals surface area contributed by atoms with Gasteiger partial charge in [0, 0.05) is 22.1 Å². The third-order valence-electron chi connectivity index (χ3n) is 4.98. The highest BCUT2D eigenvalue weighted by Crippen LogP contribution is 2.26. The highest BCUT2D eigenvalue weighted by Gasteiger charge is 2.20. The molecule has 0 spiro atoms. The molecule has 5 nitrogen and oxygen atoms in total. The van der Waals surface area contributed by atoms with Gasteiger partial charge in [0.2, 0.25) is 5.91 Å². The molecule has 0 unspecified atom stereocenters. The van der Waals surface area contributed by atoms with Crippen LogP contribution in [0.2, 0.25) is 0 Å². The van der Waals surface area contributed by atoms with Crippen molar-refractivity contribution in [1.82, 2.24) is 20.1 Å². The average molecular weight is 487 g/mol. The summed E-state index contributed by atoms with van der Waals surface area (Å²) in [5.41, 5.74) is 2.05. The molecule has 1 N–H and O–H groups in total. The molecule has 3 aromatic rings. The fraction of sp³-hybridized carbons (Fsp3) is 0.348. The van der Waals surface area contributed by atoms with Gasteiger partial charge in [-0.1, -0.05) is 77.1 Å². The molecule has 158 valence electrons. The average Bonchev–Trinajstić information content (AvgIpc) is 3.14. The van der Waals surface area contributed by atoms with Crippen molar-refractivity contribution in [1.29, 1.82) is 0 Å². The van der Waals surface area contributed by atoms with Crippen LogP contribution < -0.4 is 5.32 Å². The fourth-order valence-electron chi connectivity index (χ4n) is 2.93. The maximum absolute atomic E-state index is 12.4. The molecule has 1 amide bonds. The van der Waals surface area contributed by atoms with Gasteiger partial charge in [-0.25, -0.2) is 0 Å². The summed E-state index contributed by atoms with van der Waals surface area (Å²) >= 11 is 4.91. The van der Waals surface area contributed by atoms with E-state index in [1.165, 1.54) is 17.3 Å². The zero-order valence-electron chi connectivity index (χ0n) is 17.6. The van der Waals surface area contributed by atoms with E-state index in [-0.39, 0.29) is 11.4 Å². The number of carbonyl (C=O) groups excluding carboxylic acids is 1. The topological polar surface area (TPSA) is 59.8 Å². The third-order valence-corrected chi connectivity index (χ3v) is 6.48. The summed E-state index contributed by atoms with van der Waals surface area (Å²) in [7, 11) is 0. The predicted octanol–water partition coefficient (Wildman–Crippen LogP) is 5.35. The van der Waals surface area contributed by atoms with Crippen molar-refractivity contribution < 1.29 is 4.79 Å². The molecule has 3 rings (SSSR count). The smallest absolute Gasteiger partial charge is 0.230 e. The molecular formula is C23H27BrN4OS. The summed E-state index contributed by atoms with van der Waals surface area (Å²) in [5, 5.41) is 12.7. The maximum atomic E-state index is 12.4. The maximum Gasteiger partial charge on any atom is 0.230 e. The minimum Gasteiger partial charge on any atom is -0.351 e. The zero-order valence-corrected chi connectivity index (χ0v) is 20.0. The van der Waals surface area contributed by atoms with Crippen molar-refractivity contribution >= 4 is 33.6 Å². The summed E-state index contributed by atoms with van der Waals surface area (Å²) in [6.45, 7) is 6.87. The van der Waals surface area contributed by atoms with E-state index in [2.05, 4.69) is 55.1 Å². The largest absolute Gasteiger partial charge is 0.351 e. The van der Waals surface area contributed by atoms with Gasteiger partial charge in [-0.2, -0.15) is 0 Å². The summed E-state index contributed by atoms with van der Waals surface area (Å²) < 4.78 is 3.13. The van der Waals surface area contributed by atoms with E-state index in [9.17, 15) is 4.79 Å². The van der Waals surface area contributed by atoms with Crippen molar-refractivity contribution in [3.8, 4) is 11.4 Å². The Morgan fingerprint density at radius 1 is 1.10 bits per heavy atom. The number of thioether (sulfide) groups is 1. The van der Waals surface area contributed by atoms with Gasteiger partial charge in [0.25, 0.3) is 0 Å². The monoisotopic (exact) mass is 486 g/mol. The van der Waals surface area contributed by atoms with Gasteiger partial charge >= 0.3 is 0 Å². The molecule has 0 aliphatic rings. The van der Waals surface area contributed by atoms with E-state index >= 15 is 0 Å². The van der Waals surface area contributed by atoms with Gasteiger partial charge in [0.1, 0.15) is 0 Å². The molecule has 0 saturated heterocycles. The third kappa shape index (κ3) is 6.19. The number of nitrogens with zero attached hydrogens (tertiary/aromatic N) is 3. The van der Waals surface area contributed by atoms with Crippen LogP contribution in [0.4, 0.5) is 0 Å². The Labute approximate surface area is 190 Å². The standard InChI is InChI=1S/C23H27BrN4OS/c1-4-23(2,3)25-20(29)16-30-22-27-26-21(18-10-12-19(24)13-11-18)28(22)15-14-17-8-6-5-7-9-17/h5-13H,4,14-16H2,1-3H3,(H,25,29). The molecule has 0 aliphatic carbocycles. The Morgan fingerprint density at radius 3 is 2.47 bits per heavy atom. The summed E-state index contributed by atoms with van der Waals surface area (Å²) in [4.78, 5) is 12.4. The van der Waals surface area contributed by atoms with Gasteiger partial charge < -0.3 is 9.88 Å². The van der Waals surface area contributed by atoms with Crippen molar-refractivity contribution in [3.63, 3.8) is 0 Å². The van der Waals surface area contributed by atoms with Gasteiger partial charge in [-0.05, 0) is 44.4 Å². The lowest BCUT2D eigenvalue weighted by atomic mass is 10.0. The Kier molecular flexibility index (Phi) is 7.72. The van der Waals surface area contributed by atoms with Crippen LogP contribution in [-0.4, -0.2) is 32.0 Å². The Hall–Kier alpha value is -2.12. The molecule has 1 aromatic heterocycles. The number of aryl methyl sites for hydroxylation is 1. The number of rotatable bonds is 9. The van der Waals surface area contributed by atoms with E-state index in [1.807, 2.05) is 56.3 Å². The van der Waals surface area contributed by atoms with Crippen LogP contribution in [-0.2, 0) is 17.8 Å². The number of benzene rings is 2. The van der Waals surface area contributed by atoms with Crippen LogP contribution in [0.1, 0.15) is 32.8 Å². The number of amides is 1. The second-order valence-corrected chi connectivity index (χ2v) is 9.63. The molecule has 1 heterocycles.